The molecule has 134 valence electrons. The third-order valence-corrected chi connectivity index (χ3v) is 4.79. The molecule has 2 amide bonds. The van der Waals surface area contributed by atoms with Gasteiger partial charge in [-0.3, -0.25) is 25.8 Å². The van der Waals surface area contributed by atoms with Gasteiger partial charge < -0.3 is 4.98 Å². The van der Waals surface area contributed by atoms with Gasteiger partial charge in [0, 0.05) is 29.1 Å². The summed E-state index contributed by atoms with van der Waals surface area (Å²) in [5.74, 6) is -0.343. The third kappa shape index (κ3) is 3.85. The predicted octanol–water partition coefficient (Wildman–Crippen LogP) is 2.47. The Morgan fingerprint density at radius 2 is 2.00 bits per heavy atom. The van der Waals surface area contributed by atoms with Crippen molar-refractivity contribution in [2.45, 2.75) is 58.0 Å². The maximum atomic E-state index is 12.4. The number of aromatic amines is 1. The number of hydrogen-bond acceptors (Lipinski definition) is 3. The Morgan fingerprint density at radius 1 is 1.20 bits per heavy atom. The average Bonchev–Trinajstić information content (AvgIpc) is 2.99. The van der Waals surface area contributed by atoms with Gasteiger partial charge in [0.1, 0.15) is 0 Å². The molecular weight excluding hydrogens is 316 g/mol. The Kier molecular flexibility index (Phi) is 5.38. The Balaban J connectivity index is 1.62. The predicted molar refractivity (Wildman–Crippen MR) is 97.8 cm³/mol. The summed E-state index contributed by atoms with van der Waals surface area (Å²) in [6.45, 7) is 4.13. The van der Waals surface area contributed by atoms with E-state index in [2.05, 4.69) is 34.1 Å². The van der Waals surface area contributed by atoms with Crippen molar-refractivity contribution in [1.82, 2.24) is 21.2 Å². The molecule has 2 aromatic rings. The van der Waals surface area contributed by atoms with E-state index < -0.39 is 0 Å². The minimum atomic E-state index is -0.363. The fraction of sp³-hybridized carbons (Fsp3) is 0.474. The number of rotatable bonds is 5. The zero-order valence-electron chi connectivity index (χ0n) is 14.8. The molecular formula is C19H26N4O2. The molecule has 2 heterocycles. The quantitative estimate of drug-likeness (QED) is 0.497. The number of carbonyl (C=O) groups is 2. The summed E-state index contributed by atoms with van der Waals surface area (Å²) in [7, 11) is 0. The van der Waals surface area contributed by atoms with Crippen LogP contribution >= 0.6 is 0 Å². The number of carbonyl (C=O) groups excluding carboxylic acids is 2. The summed E-state index contributed by atoms with van der Waals surface area (Å²) in [4.78, 5) is 27.6. The molecule has 2 atom stereocenters. The van der Waals surface area contributed by atoms with Crippen LogP contribution in [-0.2, 0) is 16.0 Å². The van der Waals surface area contributed by atoms with Gasteiger partial charge in [-0.25, -0.2) is 0 Å². The normalized spacial score (nSPS) is 19.4. The van der Waals surface area contributed by atoms with Crippen LogP contribution in [0.2, 0.25) is 0 Å². The smallest absolute Gasteiger partial charge is 0.255 e. The standard InChI is InChI=1S/C19H26N4O2/c1-3-4-5-10-17(24)22-23-19(25)16-11-14-13-8-6-7-9-15(13)21-18(14)12(2)20-16/h6-9,12,16,20-21H,3-5,10-11H2,1-2H3,(H,22,24)(H,23,25)/t12-,16-/m0/s1. The average molecular weight is 342 g/mol. The molecule has 0 unspecified atom stereocenters. The highest BCUT2D eigenvalue weighted by atomic mass is 16.2. The highest BCUT2D eigenvalue weighted by Crippen LogP contribution is 2.31. The van der Waals surface area contributed by atoms with Crippen LogP contribution in [-0.4, -0.2) is 22.8 Å². The molecule has 0 radical (unpaired) electrons. The van der Waals surface area contributed by atoms with Crippen molar-refractivity contribution in [3.63, 3.8) is 0 Å². The first-order chi connectivity index (χ1) is 12.1. The van der Waals surface area contributed by atoms with Crippen LogP contribution in [0.5, 0.6) is 0 Å². The molecule has 1 aliphatic rings. The molecule has 25 heavy (non-hydrogen) atoms. The van der Waals surface area contributed by atoms with Crippen LogP contribution in [0.15, 0.2) is 24.3 Å². The number of para-hydroxylation sites is 1. The van der Waals surface area contributed by atoms with E-state index in [0.29, 0.717) is 12.8 Å². The number of H-pyrrole nitrogens is 1. The van der Waals surface area contributed by atoms with Gasteiger partial charge in [-0.05, 0) is 31.4 Å². The molecule has 3 rings (SSSR count). The zero-order valence-corrected chi connectivity index (χ0v) is 14.8. The minimum absolute atomic E-state index is 0.0483. The molecule has 6 nitrogen and oxygen atoms in total. The highest BCUT2D eigenvalue weighted by molar-refractivity contribution is 5.89. The van der Waals surface area contributed by atoms with Gasteiger partial charge in [0.05, 0.1) is 6.04 Å². The molecule has 1 aromatic carbocycles. The monoisotopic (exact) mass is 342 g/mol. The molecule has 0 bridgehead atoms. The van der Waals surface area contributed by atoms with E-state index in [1.807, 2.05) is 25.1 Å². The number of hydrazine groups is 1. The van der Waals surface area contributed by atoms with E-state index in [1.54, 1.807) is 0 Å². The second-order valence-electron chi connectivity index (χ2n) is 6.70. The first-order valence-corrected chi connectivity index (χ1v) is 9.04. The lowest BCUT2D eigenvalue weighted by molar-refractivity contribution is -0.130. The van der Waals surface area contributed by atoms with Crippen molar-refractivity contribution < 1.29 is 9.59 Å². The number of amides is 2. The Bertz CT molecular complexity index is 768. The Labute approximate surface area is 147 Å². The van der Waals surface area contributed by atoms with Crippen molar-refractivity contribution in [2.24, 2.45) is 0 Å². The first kappa shape index (κ1) is 17.5. The molecule has 0 fully saturated rings. The number of fused-ring (bicyclic) bond motifs is 3. The SMILES string of the molecule is CCCCCC(=O)NNC(=O)[C@@H]1Cc2c([nH]c3ccccc23)[C@H](C)N1. The van der Waals surface area contributed by atoms with E-state index in [9.17, 15) is 9.59 Å². The topological polar surface area (TPSA) is 86.0 Å². The second-order valence-corrected chi connectivity index (χ2v) is 6.70. The van der Waals surface area contributed by atoms with E-state index >= 15 is 0 Å². The maximum Gasteiger partial charge on any atom is 0.255 e. The third-order valence-electron chi connectivity index (χ3n) is 4.79. The van der Waals surface area contributed by atoms with E-state index in [1.165, 1.54) is 5.56 Å². The minimum Gasteiger partial charge on any atom is -0.357 e. The van der Waals surface area contributed by atoms with Gasteiger partial charge in [0.15, 0.2) is 0 Å². The fourth-order valence-electron chi connectivity index (χ4n) is 3.44. The van der Waals surface area contributed by atoms with Crippen molar-refractivity contribution in [3.8, 4) is 0 Å². The van der Waals surface area contributed by atoms with Gasteiger partial charge in [-0.2, -0.15) is 0 Å². The van der Waals surface area contributed by atoms with E-state index in [0.717, 1.165) is 35.9 Å². The molecule has 6 heteroatoms. The maximum absolute atomic E-state index is 12.4. The van der Waals surface area contributed by atoms with E-state index in [4.69, 9.17) is 0 Å². The number of benzene rings is 1. The molecule has 4 N–H and O–H groups in total. The van der Waals surface area contributed by atoms with Crippen LogP contribution in [0, 0.1) is 0 Å². The molecule has 0 saturated heterocycles. The van der Waals surface area contributed by atoms with Gasteiger partial charge in [-0.1, -0.05) is 38.0 Å². The van der Waals surface area contributed by atoms with Gasteiger partial charge in [-0.15, -0.1) is 0 Å². The molecule has 0 spiro atoms. The first-order valence-electron chi connectivity index (χ1n) is 9.04. The summed E-state index contributed by atoms with van der Waals surface area (Å²) in [5.41, 5.74) is 8.48. The van der Waals surface area contributed by atoms with Crippen molar-refractivity contribution in [3.05, 3.63) is 35.5 Å². The largest absolute Gasteiger partial charge is 0.357 e. The van der Waals surface area contributed by atoms with Gasteiger partial charge >= 0.3 is 0 Å². The van der Waals surface area contributed by atoms with Crippen LogP contribution in [0.25, 0.3) is 10.9 Å². The lowest BCUT2D eigenvalue weighted by Crippen LogP contribution is -2.53. The molecule has 1 aliphatic heterocycles. The van der Waals surface area contributed by atoms with Gasteiger partial charge in [0.25, 0.3) is 5.91 Å². The highest BCUT2D eigenvalue weighted by Gasteiger charge is 2.31. The Morgan fingerprint density at radius 3 is 2.80 bits per heavy atom. The molecule has 0 saturated carbocycles. The summed E-state index contributed by atoms with van der Waals surface area (Å²) in [6.07, 6.45) is 3.97. The number of hydrogen-bond donors (Lipinski definition) is 4. The van der Waals surface area contributed by atoms with Crippen molar-refractivity contribution >= 4 is 22.7 Å². The van der Waals surface area contributed by atoms with Crippen LogP contribution < -0.4 is 16.2 Å². The van der Waals surface area contributed by atoms with E-state index in [-0.39, 0.29) is 23.9 Å². The van der Waals surface area contributed by atoms with Crippen molar-refractivity contribution in [1.29, 1.82) is 0 Å². The van der Waals surface area contributed by atoms with Crippen LogP contribution in [0.4, 0.5) is 0 Å². The summed E-state index contributed by atoms with van der Waals surface area (Å²) < 4.78 is 0. The summed E-state index contributed by atoms with van der Waals surface area (Å²) >= 11 is 0. The number of aromatic nitrogens is 1. The summed E-state index contributed by atoms with van der Waals surface area (Å²) in [6, 6.07) is 7.82. The van der Waals surface area contributed by atoms with Gasteiger partial charge in [0.2, 0.25) is 5.91 Å². The number of unbranched alkanes of at least 4 members (excludes halogenated alkanes) is 2. The van der Waals surface area contributed by atoms with Crippen molar-refractivity contribution in [2.75, 3.05) is 0 Å². The Hall–Kier alpha value is -2.34. The zero-order chi connectivity index (χ0) is 17.8. The van der Waals surface area contributed by atoms with Crippen LogP contribution in [0.3, 0.4) is 0 Å². The number of nitrogens with one attached hydrogen (secondary N) is 4. The second kappa shape index (κ2) is 7.70. The molecule has 1 aromatic heterocycles. The summed E-state index contributed by atoms with van der Waals surface area (Å²) in [5, 5.41) is 4.47. The fourth-order valence-corrected chi connectivity index (χ4v) is 3.44. The lowest BCUT2D eigenvalue weighted by Gasteiger charge is -2.28. The van der Waals surface area contributed by atoms with Crippen LogP contribution in [0.1, 0.15) is 56.8 Å². The lowest BCUT2D eigenvalue weighted by atomic mass is 9.94. The molecule has 0 aliphatic carbocycles.